The summed E-state index contributed by atoms with van der Waals surface area (Å²) >= 11 is 5.19. The van der Waals surface area contributed by atoms with E-state index in [9.17, 15) is 9.59 Å². The number of carbonyl (C=O) groups excluding carboxylic acids is 2. The first-order chi connectivity index (χ1) is 11.9. The molecule has 2 amide bonds. The highest BCUT2D eigenvalue weighted by atomic mass is 32.1. The minimum atomic E-state index is -0.0260. The van der Waals surface area contributed by atoms with Crippen molar-refractivity contribution in [3.63, 3.8) is 0 Å². The maximum atomic E-state index is 12.0. The van der Waals surface area contributed by atoms with Gasteiger partial charge in [0.25, 0.3) is 0 Å². The van der Waals surface area contributed by atoms with Crippen molar-refractivity contribution in [1.29, 1.82) is 0 Å². The number of rotatable bonds is 6. The van der Waals surface area contributed by atoms with E-state index in [1.165, 1.54) is 12.8 Å². The first kappa shape index (κ1) is 19.4. The van der Waals surface area contributed by atoms with Gasteiger partial charge >= 0.3 is 0 Å². The predicted molar refractivity (Wildman–Crippen MR) is 105 cm³/mol. The SMILES string of the molecule is CC(C)CC(=O)Nc1ccc(NC(=S)NC(=O)CC2CCCC2)cc1. The lowest BCUT2D eigenvalue weighted by atomic mass is 10.0. The molecule has 1 fully saturated rings. The zero-order chi connectivity index (χ0) is 18.2. The molecule has 1 aromatic rings. The molecular weight excluding hydrogens is 334 g/mol. The van der Waals surface area contributed by atoms with Crippen molar-refractivity contribution in [2.24, 2.45) is 11.8 Å². The smallest absolute Gasteiger partial charge is 0.226 e. The topological polar surface area (TPSA) is 70.2 Å². The van der Waals surface area contributed by atoms with Gasteiger partial charge in [0, 0.05) is 24.2 Å². The third kappa shape index (κ3) is 7.22. The zero-order valence-electron chi connectivity index (χ0n) is 14.9. The zero-order valence-corrected chi connectivity index (χ0v) is 15.7. The van der Waals surface area contributed by atoms with Crippen LogP contribution in [0, 0.1) is 11.8 Å². The van der Waals surface area contributed by atoms with E-state index >= 15 is 0 Å². The summed E-state index contributed by atoms with van der Waals surface area (Å²) in [6.45, 7) is 4.02. The summed E-state index contributed by atoms with van der Waals surface area (Å²) in [7, 11) is 0. The van der Waals surface area contributed by atoms with Crippen LogP contribution in [0.1, 0.15) is 52.4 Å². The van der Waals surface area contributed by atoms with E-state index in [-0.39, 0.29) is 11.8 Å². The molecule has 5 nitrogen and oxygen atoms in total. The number of nitrogens with one attached hydrogen (secondary N) is 3. The van der Waals surface area contributed by atoms with E-state index in [1.54, 1.807) is 0 Å². The summed E-state index contributed by atoms with van der Waals surface area (Å²) in [4.78, 5) is 23.7. The predicted octanol–water partition coefficient (Wildman–Crippen LogP) is 4.06. The Hall–Kier alpha value is -1.95. The molecule has 0 spiro atoms. The molecule has 1 aliphatic carbocycles. The highest BCUT2D eigenvalue weighted by molar-refractivity contribution is 7.80. The van der Waals surface area contributed by atoms with E-state index in [4.69, 9.17) is 12.2 Å². The second-order valence-electron chi connectivity index (χ2n) is 7.08. The Morgan fingerprint density at radius 1 is 1.04 bits per heavy atom. The molecule has 0 aliphatic heterocycles. The molecule has 6 heteroatoms. The fraction of sp³-hybridized carbons (Fsp3) is 0.526. The molecule has 0 heterocycles. The van der Waals surface area contributed by atoms with E-state index in [2.05, 4.69) is 16.0 Å². The third-order valence-electron chi connectivity index (χ3n) is 4.22. The molecule has 1 saturated carbocycles. The number of carbonyl (C=O) groups is 2. The van der Waals surface area contributed by atoms with E-state index in [0.29, 0.717) is 29.8 Å². The lowest BCUT2D eigenvalue weighted by molar-refractivity contribution is -0.120. The largest absolute Gasteiger partial charge is 0.332 e. The number of thiocarbonyl (C=S) groups is 1. The van der Waals surface area contributed by atoms with Gasteiger partial charge in [-0.15, -0.1) is 0 Å². The van der Waals surface area contributed by atoms with Crippen molar-refractivity contribution in [3.05, 3.63) is 24.3 Å². The Labute approximate surface area is 155 Å². The van der Waals surface area contributed by atoms with Crippen molar-refractivity contribution in [1.82, 2.24) is 5.32 Å². The second kappa shape index (κ2) is 9.51. The molecule has 0 aromatic heterocycles. The van der Waals surface area contributed by atoms with E-state index in [0.717, 1.165) is 24.2 Å². The Morgan fingerprint density at radius 2 is 1.60 bits per heavy atom. The molecule has 0 unspecified atom stereocenters. The van der Waals surface area contributed by atoms with Crippen molar-refractivity contribution in [2.75, 3.05) is 10.6 Å². The van der Waals surface area contributed by atoms with Gasteiger partial charge in [-0.25, -0.2) is 0 Å². The normalized spacial score (nSPS) is 14.4. The fourth-order valence-electron chi connectivity index (χ4n) is 3.04. The van der Waals surface area contributed by atoms with Gasteiger partial charge in [0.15, 0.2) is 5.11 Å². The average Bonchev–Trinajstić information content (AvgIpc) is 3.01. The van der Waals surface area contributed by atoms with E-state index < -0.39 is 0 Å². The summed E-state index contributed by atoms with van der Waals surface area (Å²) in [5, 5.41) is 8.89. The molecule has 0 atom stereocenters. The van der Waals surface area contributed by atoms with Gasteiger partial charge in [0.1, 0.15) is 0 Å². The number of hydrogen-bond acceptors (Lipinski definition) is 3. The Morgan fingerprint density at radius 3 is 2.16 bits per heavy atom. The van der Waals surface area contributed by atoms with Crippen LogP contribution in [0.5, 0.6) is 0 Å². The minimum Gasteiger partial charge on any atom is -0.332 e. The lowest BCUT2D eigenvalue weighted by Crippen LogP contribution is -2.34. The highest BCUT2D eigenvalue weighted by Gasteiger charge is 2.18. The van der Waals surface area contributed by atoms with Crippen LogP contribution in [0.25, 0.3) is 0 Å². The van der Waals surface area contributed by atoms with Gasteiger partial charge in [-0.05, 0) is 61.2 Å². The molecule has 0 radical (unpaired) electrons. The van der Waals surface area contributed by atoms with Crippen LogP contribution >= 0.6 is 12.2 Å². The molecular formula is C19H27N3O2S. The first-order valence-electron chi connectivity index (χ1n) is 8.93. The van der Waals surface area contributed by atoms with Crippen LogP contribution in [-0.2, 0) is 9.59 Å². The highest BCUT2D eigenvalue weighted by Crippen LogP contribution is 2.27. The van der Waals surface area contributed by atoms with Crippen molar-refractivity contribution < 1.29 is 9.59 Å². The molecule has 2 rings (SSSR count). The first-order valence-corrected chi connectivity index (χ1v) is 9.34. The van der Waals surface area contributed by atoms with Crippen molar-refractivity contribution in [3.8, 4) is 0 Å². The van der Waals surface area contributed by atoms with E-state index in [1.807, 2.05) is 38.1 Å². The summed E-state index contributed by atoms with van der Waals surface area (Å²) in [5.74, 6) is 0.801. The van der Waals surface area contributed by atoms with Gasteiger partial charge < -0.3 is 16.0 Å². The number of benzene rings is 1. The molecule has 0 bridgehead atoms. The van der Waals surface area contributed by atoms with Crippen LogP contribution in [0.4, 0.5) is 11.4 Å². The number of hydrogen-bond donors (Lipinski definition) is 3. The van der Waals surface area contributed by atoms with Crippen LogP contribution in [-0.4, -0.2) is 16.9 Å². The van der Waals surface area contributed by atoms with Gasteiger partial charge in [0.05, 0.1) is 0 Å². The van der Waals surface area contributed by atoms with Gasteiger partial charge in [-0.1, -0.05) is 26.7 Å². The van der Waals surface area contributed by atoms with Gasteiger partial charge in [-0.3, -0.25) is 9.59 Å². The van der Waals surface area contributed by atoms with Crippen molar-refractivity contribution >= 4 is 40.5 Å². The lowest BCUT2D eigenvalue weighted by Gasteiger charge is -2.12. The maximum absolute atomic E-state index is 12.0. The Kier molecular flexibility index (Phi) is 7.37. The Balaban J connectivity index is 1.76. The Bertz CT molecular complexity index is 608. The standard InChI is InChI=1S/C19H27N3O2S/c1-13(2)11-17(23)20-15-7-9-16(10-8-15)21-19(25)22-18(24)12-14-5-3-4-6-14/h7-10,13-14H,3-6,11-12H2,1-2H3,(H,20,23)(H2,21,22,24,25). The molecule has 3 N–H and O–H groups in total. The minimum absolute atomic E-state index is 0.00501. The number of anilines is 2. The maximum Gasteiger partial charge on any atom is 0.226 e. The quantitative estimate of drug-likeness (QED) is 0.668. The van der Waals surface area contributed by atoms with Crippen molar-refractivity contribution in [2.45, 2.75) is 52.4 Å². The monoisotopic (exact) mass is 361 g/mol. The fourth-order valence-corrected chi connectivity index (χ4v) is 3.27. The summed E-state index contributed by atoms with van der Waals surface area (Å²) in [6, 6.07) is 7.26. The van der Waals surface area contributed by atoms with Gasteiger partial charge in [0.2, 0.25) is 11.8 Å². The van der Waals surface area contributed by atoms with Crippen LogP contribution in [0.2, 0.25) is 0 Å². The summed E-state index contributed by atoms with van der Waals surface area (Å²) < 4.78 is 0. The molecule has 136 valence electrons. The summed E-state index contributed by atoms with van der Waals surface area (Å²) in [5.41, 5.74) is 1.51. The molecule has 25 heavy (non-hydrogen) atoms. The summed E-state index contributed by atoms with van der Waals surface area (Å²) in [6.07, 6.45) is 5.76. The van der Waals surface area contributed by atoms with Crippen LogP contribution < -0.4 is 16.0 Å². The molecule has 1 aromatic carbocycles. The molecule has 1 aliphatic rings. The third-order valence-corrected chi connectivity index (χ3v) is 4.43. The van der Waals surface area contributed by atoms with Gasteiger partial charge in [-0.2, -0.15) is 0 Å². The molecule has 0 saturated heterocycles. The average molecular weight is 362 g/mol. The second-order valence-corrected chi connectivity index (χ2v) is 7.49. The van der Waals surface area contributed by atoms with Crippen LogP contribution in [0.15, 0.2) is 24.3 Å². The number of amides is 2. The van der Waals surface area contributed by atoms with Crippen LogP contribution in [0.3, 0.4) is 0 Å².